The number of ether oxygens (including phenoxy) is 1. The van der Waals surface area contributed by atoms with Crippen LogP contribution in [0, 0.1) is 5.92 Å². The highest BCUT2D eigenvalue weighted by atomic mass is 16.6. The molecule has 2 aliphatic rings. The Hall–Kier alpha value is -0.810. The van der Waals surface area contributed by atoms with Gasteiger partial charge in [0.05, 0.1) is 0 Å². The van der Waals surface area contributed by atoms with Crippen molar-refractivity contribution in [2.45, 2.75) is 65.1 Å². The van der Waals surface area contributed by atoms with E-state index in [-0.39, 0.29) is 12.1 Å². The maximum Gasteiger partial charge on any atom is 0.410 e. The Morgan fingerprint density at radius 1 is 1.23 bits per heavy atom. The molecule has 3 atom stereocenters. The molecule has 128 valence electrons. The second-order valence-corrected chi connectivity index (χ2v) is 8.00. The van der Waals surface area contributed by atoms with Crippen molar-refractivity contribution in [1.82, 2.24) is 15.1 Å². The number of amides is 1. The molecule has 2 aliphatic heterocycles. The summed E-state index contributed by atoms with van der Waals surface area (Å²) < 4.78 is 5.54. The molecule has 0 aliphatic carbocycles. The Balaban J connectivity index is 1.89. The number of nitrogens with one attached hydrogen (secondary N) is 1. The molecule has 0 aromatic heterocycles. The number of carbonyl (C=O) groups is 1. The van der Waals surface area contributed by atoms with Crippen LogP contribution in [0.4, 0.5) is 4.79 Å². The van der Waals surface area contributed by atoms with Gasteiger partial charge in [0.25, 0.3) is 0 Å². The molecule has 5 heteroatoms. The van der Waals surface area contributed by atoms with Gasteiger partial charge in [0.1, 0.15) is 5.60 Å². The van der Waals surface area contributed by atoms with Crippen molar-refractivity contribution in [2.75, 3.05) is 32.7 Å². The van der Waals surface area contributed by atoms with Gasteiger partial charge in [-0.1, -0.05) is 0 Å². The minimum absolute atomic E-state index is 0.175. The van der Waals surface area contributed by atoms with E-state index >= 15 is 0 Å². The minimum atomic E-state index is -0.426. The van der Waals surface area contributed by atoms with Gasteiger partial charge in [-0.05, 0) is 66.5 Å². The zero-order valence-corrected chi connectivity index (χ0v) is 14.9. The fourth-order valence-electron chi connectivity index (χ4n) is 3.44. The molecule has 0 saturated carbocycles. The molecule has 1 N–H and O–H groups in total. The van der Waals surface area contributed by atoms with E-state index in [0.29, 0.717) is 6.04 Å². The topological polar surface area (TPSA) is 44.8 Å². The normalized spacial score (nSPS) is 31.1. The standard InChI is InChI=1S/C17H33N3O2/c1-13-11-20(16(21)22-17(3,4)5)14(2)10-19(13)12-15-7-6-8-18-9-15/h13-15,18H,6-12H2,1-5H3. The summed E-state index contributed by atoms with van der Waals surface area (Å²) in [7, 11) is 0. The molecule has 0 radical (unpaired) electrons. The van der Waals surface area contributed by atoms with Crippen LogP contribution in [0.25, 0.3) is 0 Å². The number of nitrogens with zero attached hydrogens (tertiary/aromatic N) is 2. The van der Waals surface area contributed by atoms with Gasteiger partial charge in [0, 0.05) is 31.7 Å². The highest BCUT2D eigenvalue weighted by Gasteiger charge is 2.35. The predicted octanol–water partition coefficient (Wildman–Crippen LogP) is 2.32. The van der Waals surface area contributed by atoms with Crippen LogP contribution in [0.2, 0.25) is 0 Å². The van der Waals surface area contributed by atoms with Gasteiger partial charge < -0.3 is 15.0 Å². The number of piperazine rings is 1. The van der Waals surface area contributed by atoms with Crippen LogP contribution in [-0.2, 0) is 4.74 Å². The lowest BCUT2D eigenvalue weighted by Gasteiger charge is -2.45. The summed E-state index contributed by atoms with van der Waals surface area (Å²) in [5.41, 5.74) is -0.426. The van der Waals surface area contributed by atoms with Crippen molar-refractivity contribution < 1.29 is 9.53 Å². The zero-order chi connectivity index (χ0) is 16.3. The lowest BCUT2D eigenvalue weighted by atomic mass is 9.97. The molecule has 2 rings (SSSR count). The monoisotopic (exact) mass is 311 g/mol. The van der Waals surface area contributed by atoms with Crippen molar-refractivity contribution in [1.29, 1.82) is 0 Å². The first-order valence-electron chi connectivity index (χ1n) is 8.70. The van der Waals surface area contributed by atoms with Gasteiger partial charge in [0.2, 0.25) is 0 Å². The predicted molar refractivity (Wildman–Crippen MR) is 89.0 cm³/mol. The van der Waals surface area contributed by atoms with Crippen molar-refractivity contribution in [2.24, 2.45) is 5.92 Å². The molecule has 2 fully saturated rings. The SMILES string of the molecule is CC1CN(C(=O)OC(C)(C)C)C(C)CN1CC1CCCNC1. The van der Waals surface area contributed by atoms with E-state index in [1.54, 1.807) is 0 Å². The van der Waals surface area contributed by atoms with Gasteiger partial charge in [-0.15, -0.1) is 0 Å². The molecule has 2 saturated heterocycles. The highest BCUT2D eigenvalue weighted by molar-refractivity contribution is 5.68. The Kier molecular flexibility index (Phi) is 5.72. The maximum atomic E-state index is 12.3. The zero-order valence-electron chi connectivity index (χ0n) is 14.9. The van der Waals surface area contributed by atoms with Crippen molar-refractivity contribution in [3.63, 3.8) is 0 Å². The number of rotatable bonds is 2. The van der Waals surface area contributed by atoms with Crippen molar-refractivity contribution in [3.8, 4) is 0 Å². The summed E-state index contributed by atoms with van der Waals surface area (Å²) >= 11 is 0. The average molecular weight is 311 g/mol. The molecule has 0 spiro atoms. The van der Waals surface area contributed by atoms with Crippen LogP contribution in [0.3, 0.4) is 0 Å². The van der Waals surface area contributed by atoms with Gasteiger partial charge in [-0.2, -0.15) is 0 Å². The molecule has 5 nitrogen and oxygen atoms in total. The lowest BCUT2D eigenvalue weighted by Crippen LogP contribution is -2.59. The van der Waals surface area contributed by atoms with E-state index in [9.17, 15) is 4.79 Å². The first-order chi connectivity index (χ1) is 10.3. The molecular weight excluding hydrogens is 278 g/mol. The molecular formula is C17H33N3O2. The van der Waals surface area contributed by atoms with Crippen LogP contribution >= 0.6 is 0 Å². The Labute approximate surface area is 135 Å². The summed E-state index contributed by atoms with van der Waals surface area (Å²) in [6.07, 6.45) is 2.43. The highest BCUT2D eigenvalue weighted by Crippen LogP contribution is 2.21. The van der Waals surface area contributed by atoms with E-state index in [1.165, 1.54) is 12.8 Å². The van der Waals surface area contributed by atoms with Crippen molar-refractivity contribution in [3.05, 3.63) is 0 Å². The first-order valence-corrected chi connectivity index (χ1v) is 8.70. The van der Waals surface area contributed by atoms with E-state index < -0.39 is 5.60 Å². The number of hydrogen-bond donors (Lipinski definition) is 1. The number of piperidine rings is 1. The second-order valence-electron chi connectivity index (χ2n) is 8.00. The Bertz CT molecular complexity index is 375. The molecule has 1 amide bonds. The third-order valence-electron chi connectivity index (χ3n) is 4.63. The number of carbonyl (C=O) groups excluding carboxylic acids is 1. The summed E-state index contributed by atoms with van der Waals surface area (Å²) in [5.74, 6) is 0.747. The quantitative estimate of drug-likeness (QED) is 0.850. The van der Waals surface area contributed by atoms with E-state index in [0.717, 1.165) is 38.6 Å². The first kappa shape index (κ1) is 17.5. The maximum absolute atomic E-state index is 12.3. The van der Waals surface area contributed by atoms with Crippen molar-refractivity contribution >= 4 is 6.09 Å². The number of hydrogen-bond acceptors (Lipinski definition) is 4. The van der Waals surface area contributed by atoms with Gasteiger partial charge in [0.15, 0.2) is 0 Å². The van der Waals surface area contributed by atoms with Crippen LogP contribution in [0.1, 0.15) is 47.5 Å². The fraction of sp³-hybridized carbons (Fsp3) is 0.941. The van der Waals surface area contributed by atoms with Crippen LogP contribution in [0.5, 0.6) is 0 Å². The third kappa shape index (κ3) is 4.85. The Morgan fingerprint density at radius 3 is 2.55 bits per heavy atom. The minimum Gasteiger partial charge on any atom is -0.444 e. The summed E-state index contributed by atoms with van der Waals surface area (Å²) in [6, 6.07) is 0.605. The molecule has 3 unspecified atom stereocenters. The van der Waals surface area contributed by atoms with Crippen LogP contribution in [-0.4, -0.2) is 66.3 Å². The van der Waals surface area contributed by atoms with E-state index in [2.05, 4.69) is 24.1 Å². The fourth-order valence-corrected chi connectivity index (χ4v) is 3.44. The van der Waals surface area contributed by atoms with E-state index in [4.69, 9.17) is 4.74 Å². The smallest absolute Gasteiger partial charge is 0.410 e. The van der Waals surface area contributed by atoms with E-state index in [1.807, 2.05) is 25.7 Å². The summed E-state index contributed by atoms with van der Waals surface area (Å²) in [6.45, 7) is 15.2. The second kappa shape index (κ2) is 7.18. The van der Waals surface area contributed by atoms with Gasteiger partial charge in [-0.25, -0.2) is 4.79 Å². The third-order valence-corrected chi connectivity index (χ3v) is 4.63. The summed E-state index contributed by atoms with van der Waals surface area (Å²) in [5, 5.41) is 3.49. The van der Waals surface area contributed by atoms with Crippen LogP contribution in [0.15, 0.2) is 0 Å². The van der Waals surface area contributed by atoms with Gasteiger partial charge >= 0.3 is 6.09 Å². The average Bonchev–Trinajstić information content (AvgIpc) is 2.41. The molecule has 0 aromatic rings. The largest absolute Gasteiger partial charge is 0.444 e. The summed E-state index contributed by atoms with van der Waals surface area (Å²) in [4.78, 5) is 16.8. The molecule has 0 aromatic carbocycles. The lowest BCUT2D eigenvalue weighted by molar-refractivity contribution is -0.0134. The molecule has 22 heavy (non-hydrogen) atoms. The van der Waals surface area contributed by atoms with Crippen LogP contribution < -0.4 is 5.32 Å². The Morgan fingerprint density at radius 2 is 1.95 bits per heavy atom. The molecule has 0 bridgehead atoms. The van der Waals surface area contributed by atoms with Gasteiger partial charge in [-0.3, -0.25) is 4.90 Å². The molecule has 2 heterocycles.